The SMILES string of the molecule is O=C(Cc1c[nH]c2ccccc12)NNC(=O)Cn1c(COc2ccccc2)nc2ccccc21. The van der Waals surface area contributed by atoms with Gasteiger partial charge in [-0.05, 0) is 35.9 Å². The molecule has 5 aromatic rings. The van der Waals surface area contributed by atoms with E-state index in [4.69, 9.17) is 4.74 Å². The van der Waals surface area contributed by atoms with Gasteiger partial charge in [0.2, 0.25) is 5.91 Å². The van der Waals surface area contributed by atoms with Crippen LogP contribution in [0.5, 0.6) is 5.75 Å². The van der Waals surface area contributed by atoms with E-state index in [1.807, 2.05) is 85.1 Å². The number of carbonyl (C=O) groups is 2. The second-order valence-electron chi connectivity index (χ2n) is 7.84. The van der Waals surface area contributed by atoms with Crippen molar-refractivity contribution in [2.45, 2.75) is 19.6 Å². The zero-order chi connectivity index (χ0) is 23.3. The Morgan fingerprint density at radius 3 is 2.50 bits per heavy atom. The highest BCUT2D eigenvalue weighted by molar-refractivity contribution is 5.90. The van der Waals surface area contributed by atoms with Crippen LogP contribution in [-0.2, 0) is 29.2 Å². The number of carbonyl (C=O) groups excluding carboxylic acids is 2. The molecule has 0 unspecified atom stereocenters. The number of rotatable bonds is 7. The molecule has 2 heterocycles. The number of aromatic amines is 1. The normalized spacial score (nSPS) is 10.9. The van der Waals surface area contributed by atoms with Crippen LogP contribution in [0.3, 0.4) is 0 Å². The molecule has 0 saturated carbocycles. The lowest BCUT2D eigenvalue weighted by atomic mass is 10.1. The number of benzene rings is 3. The fraction of sp³-hybridized carbons (Fsp3) is 0.115. The van der Waals surface area contributed by atoms with E-state index in [-0.39, 0.29) is 31.4 Å². The largest absolute Gasteiger partial charge is 0.486 e. The standard InChI is InChI=1S/C26H23N5O3/c32-25(14-18-15-27-21-11-5-4-10-20(18)21)29-30-26(33)16-31-23-13-7-6-12-22(23)28-24(31)17-34-19-8-2-1-3-9-19/h1-13,15,27H,14,16-17H2,(H,29,32)(H,30,33). The first-order valence-electron chi connectivity index (χ1n) is 10.9. The van der Waals surface area contributed by atoms with Crippen LogP contribution in [0, 0.1) is 0 Å². The van der Waals surface area contributed by atoms with E-state index in [0.717, 1.165) is 33.2 Å². The summed E-state index contributed by atoms with van der Waals surface area (Å²) in [7, 11) is 0. The van der Waals surface area contributed by atoms with Gasteiger partial charge in [0.1, 0.15) is 24.7 Å². The fourth-order valence-corrected chi connectivity index (χ4v) is 3.89. The van der Waals surface area contributed by atoms with Gasteiger partial charge in [0, 0.05) is 17.1 Å². The molecule has 0 aliphatic heterocycles. The third-order valence-corrected chi connectivity index (χ3v) is 5.51. The van der Waals surface area contributed by atoms with E-state index in [2.05, 4.69) is 20.8 Å². The molecule has 0 aliphatic carbocycles. The lowest BCUT2D eigenvalue weighted by molar-refractivity contribution is -0.128. The van der Waals surface area contributed by atoms with Crippen LogP contribution in [0.25, 0.3) is 21.9 Å². The summed E-state index contributed by atoms with van der Waals surface area (Å²) in [5.74, 6) is 0.665. The topological polar surface area (TPSA) is 101 Å². The second kappa shape index (κ2) is 9.50. The summed E-state index contributed by atoms with van der Waals surface area (Å²) in [4.78, 5) is 32.9. The van der Waals surface area contributed by atoms with Gasteiger partial charge in [-0.15, -0.1) is 0 Å². The number of ether oxygens (including phenoxy) is 1. The fourth-order valence-electron chi connectivity index (χ4n) is 3.89. The lowest BCUT2D eigenvalue weighted by Gasteiger charge is -2.11. The minimum atomic E-state index is -0.364. The highest BCUT2D eigenvalue weighted by Gasteiger charge is 2.15. The summed E-state index contributed by atoms with van der Waals surface area (Å²) < 4.78 is 7.64. The van der Waals surface area contributed by atoms with Crippen molar-refractivity contribution < 1.29 is 14.3 Å². The molecule has 2 aromatic heterocycles. The number of aromatic nitrogens is 3. The number of hydrazine groups is 1. The van der Waals surface area contributed by atoms with E-state index in [1.54, 1.807) is 4.57 Å². The van der Waals surface area contributed by atoms with Crippen molar-refractivity contribution >= 4 is 33.8 Å². The number of nitrogens with one attached hydrogen (secondary N) is 3. The average molecular weight is 454 g/mol. The molecule has 8 nitrogen and oxygen atoms in total. The van der Waals surface area contributed by atoms with Gasteiger partial charge in [-0.1, -0.05) is 48.5 Å². The monoisotopic (exact) mass is 453 g/mol. The number of hydrogen-bond donors (Lipinski definition) is 3. The van der Waals surface area contributed by atoms with Crippen LogP contribution >= 0.6 is 0 Å². The summed E-state index contributed by atoms with van der Waals surface area (Å²) in [6.45, 7) is 0.195. The van der Waals surface area contributed by atoms with Crippen molar-refractivity contribution in [3.63, 3.8) is 0 Å². The molecule has 0 spiro atoms. The highest BCUT2D eigenvalue weighted by Crippen LogP contribution is 2.19. The average Bonchev–Trinajstić information content (AvgIpc) is 3.43. The van der Waals surface area contributed by atoms with Gasteiger partial charge in [0.15, 0.2) is 0 Å². The Balaban J connectivity index is 1.24. The maximum absolute atomic E-state index is 12.7. The molecule has 34 heavy (non-hydrogen) atoms. The van der Waals surface area contributed by atoms with E-state index < -0.39 is 0 Å². The number of para-hydroxylation sites is 4. The van der Waals surface area contributed by atoms with Gasteiger partial charge in [-0.3, -0.25) is 20.4 Å². The van der Waals surface area contributed by atoms with Crippen LogP contribution in [-0.4, -0.2) is 26.3 Å². The third kappa shape index (κ3) is 4.61. The Hall–Kier alpha value is -4.59. The molecular weight excluding hydrogens is 430 g/mol. The number of imidazole rings is 1. The Labute approximate surface area is 195 Å². The predicted octanol–water partition coefficient (Wildman–Crippen LogP) is 3.49. The minimum absolute atomic E-state index is 0.0125. The van der Waals surface area contributed by atoms with Gasteiger partial charge in [-0.25, -0.2) is 4.98 Å². The predicted molar refractivity (Wildman–Crippen MR) is 129 cm³/mol. The maximum Gasteiger partial charge on any atom is 0.258 e. The van der Waals surface area contributed by atoms with Crippen molar-refractivity contribution in [1.29, 1.82) is 0 Å². The first-order valence-corrected chi connectivity index (χ1v) is 10.9. The summed E-state index contributed by atoms with van der Waals surface area (Å²) in [6, 6.07) is 24.8. The quantitative estimate of drug-likeness (QED) is 0.329. The van der Waals surface area contributed by atoms with Gasteiger partial charge >= 0.3 is 0 Å². The van der Waals surface area contributed by atoms with E-state index in [0.29, 0.717) is 5.82 Å². The van der Waals surface area contributed by atoms with Crippen molar-refractivity contribution in [3.8, 4) is 5.75 Å². The molecule has 0 atom stereocenters. The Bertz CT molecular complexity index is 1460. The molecule has 5 rings (SSSR count). The second-order valence-corrected chi connectivity index (χ2v) is 7.84. The van der Waals surface area contributed by atoms with Crippen LogP contribution in [0.4, 0.5) is 0 Å². The first kappa shape index (κ1) is 21.3. The van der Waals surface area contributed by atoms with Crippen LogP contribution < -0.4 is 15.6 Å². The zero-order valence-electron chi connectivity index (χ0n) is 18.3. The summed E-state index contributed by atoms with van der Waals surface area (Å²) >= 11 is 0. The number of H-pyrrole nitrogens is 1. The third-order valence-electron chi connectivity index (χ3n) is 5.51. The Morgan fingerprint density at radius 2 is 1.62 bits per heavy atom. The van der Waals surface area contributed by atoms with Gasteiger partial charge in [-0.2, -0.15) is 0 Å². The Morgan fingerprint density at radius 1 is 0.882 bits per heavy atom. The van der Waals surface area contributed by atoms with E-state index >= 15 is 0 Å². The van der Waals surface area contributed by atoms with Crippen LogP contribution in [0.15, 0.2) is 85.1 Å². The molecule has 3 N–H and O–H groups in total. The molecule has 2 amide bonds. The lowest BCUT2D eigenvalue weighted by Crippen LogP contribution is -2.44. The number of amides is 2. The molecule has 0 fully saturated rings. The molecule has 0 saturated heterocycles. The molecule has 8 heteroatoms. The van der Waals surface area contributed by atoms with Gasteiger partial charge < -0.3 is 14.3 Å². The Kier molecular flexibility index (Phi) is 5.94. The van der Waals surface area contributed by atoms with Crippen molar-refractivity contribution in [3.05, 3.63) is 96.4 Å². The minimum Gasteiger partial charge on any atom is -0.486 e. The smallest absolute Gasteiger partial charge is 0.258 e. The van der Waals surface area contributed by atoms with Crippen molar-refractivity contribution in [2.24, 2.45) is 0 Å². The van der Waals surface area contributed by atoms with E-state index in [9.17, 15) is 9.59 Å². The van der Waals surface area contributed by atoms with Crippen LogP contribution in [0.2, 0.25) is 0 Å². The number of hydrogen-bond acceptors (Lipinski definition) is 4. The first-order chi connectivity index (χ1) is 16.7. The van der Waals surface area contributed by atoms with Gasteiger partial charge in [0.25, 0.3) is 5.91 Å². The summed E-state index contributed by atoms with van der Waals surface area (Å²) in [5.41, 5.74) is 8.43. The molecule has 170 valence electrons. The van der Waals surface area contributed by atoms with Crippen molar-refractivity contribution in [2.75, 3.05) is 0 Å². The highest BCUT2D eigenvalue weighted by atomic mass is 16.5. The van der Waals surface area contributed by atoms with Crippen LogP contribution in [0.1, 0.15) is 11.4 Å². The van der Waals surface area contributed by atoms with E-state index in [1.165, 1.54) is 0 Å². The van der Waals surface area contributed by atoms with Gasteiger partial charge in [0.05, 0.1) is 17.5 Å². The van der Waals surface area contributed by atoms with Crippen molar-refractivity contribution in [1.82, 2.24) is 25.4 Å². The summed E-state index contributed by atoms with van der Waals surface area (Å²) in [5, 5.41) is 0.983. The number of fused-ring (bicyclic) bond motifs is 2. The molecule has 3 aromatic carbocycles. The molecule has 0 aliphatic rings. The molecule has 0 bridgehead atoms. The number of nitrogens with zero attached hydrogens (tertiary/aromatic N) is 2. The zero-order valence-corrected chi connectivity index (χ0v) is 18.3. The molecule has 0 radical (unpaired) electrons. The summed E-state index contributed by atoms with van der Waals surface area (Å²) in [6.07, 6.45) is 1.96. The molecular formula is C26H23N5O3. The maximum atomic E-state index is 12.7.